The molecule has 0 saturated heterocycles. The minimum Gasteiger partial charge on any atom is -0.494 e. The number of halogens is 3. The number of ether oxygens (including phenoxy) is 1. The average molecular weight is 414 g/mol. The van der Waals surface area contributed by atoms with Gasteiger partial charge in [0.2, 0.25) is 0 Å². The number of fused-ring (bicyclic) bond motifs is 1. The van der Waals surface area contributed by atoms with E-state index in [1.807, 2.05) is 6.92 Å². The fraction of sp³-hybridized carbons (Fsp3) is 0.261. The first-order valence-electron chi connectivity index (χ1n) is 9.70. The third-order valence-corrected chi connectivity index (χ3v) is 5.09. The van der Waals surface area contributed by atoms with Crippen molar-refractivity contribution < 1.29 is 22.3 Å². The minimum atomic E-state index is -4.36. The Kier molecular flexibility index (Phi) is 5.28. The molecule has 30 heavy (non-hydrogen) atoms. The highest BCUT2D eigenvalue weighted by atomic mass is 19.4. The first-order valence-corrected chi connectivity index (χ1v) is 9.70. The number of alkyl halides is 3. The van der Waals surface area contributed by atoms with E-state index in [9.17, 15) is 13.2 Å². The fourth-order valence-electron chi connectivity index (χ4n) is 3.84. The van der Waals surface area contributed by atoms with Crippen LogP contribution in [-0.2, 0) is 5.41 Å². The van der Waals surface area contributed by atoms with Gasteiger partial charge in [0.15, 0.2) is 5.76 Å². The number of aromatic nitrogens is 1. The van der Waals surface area contributed by atoms with E-state index in [4.69, 9.17) is 9.15 Å². The maximum atomic E-state index is 13.6. The molecule has 3 aromatic rings. The van der Waals surface area contributed by atoms with Crippen LogP contribution in [0.3, 0.4) is 0 Å². The second-order valence-electron chi connectivity index (χ2n) is 7.16. The van der Waals surface area contributed by atoms with Gasteiger partial charge in [-0.1, -0.05) is 36.4 Å². The molecule has 1 unspecified atom stereocenters. The maximum absolute atomic E-state index is 13.6. The van der Waals surface area contributed by atoms with Crippen LogP contribution in [0.2, 0.25) is 0 Å². The predicted octanol–water partition coefficient (Wildman–Crippen LogP) is 6.47. The number of hydrogen-bond acceptors (Lipinski definition) is 4. The highest BCUT2D eigenvalue weighted by Crippen LogP contribution is 2.48. The molecule has 4 nitrogen and oxygen atoms in total. The Morgan fingerprint density at radius 3 is 2.50 bits per heavy atom. The maximum Gasteiger partial charge on any atom is 0.390 e. The largest absolute Gasteiger partial charge is 0.494 e. The van der Waals surface area contributed by atoms with Crippen LogP contribution in [0.5, 0.6) is 5.75 Å². The van der Waals surface area contributed by atoms with Crippen molar-refractivity contribution >= 4 is 17.8 Å². The lowest BCUT2D eigenvalue weighted by Gasteiger charge is -2.34. The van der Waals surface area contributed by atoms with Crippen molar-refractivity contribution in [2.24, 2.45) is 0 Å². The van der Waals surface area contributed by atoms with E-state index in [2.05, 4.69) is 10.3 Å². The monoisotopic (exact) mass is 414 g/mol. The number of oxazole rings is 1. The second-order valence-corrected chi connectivity index (χ2v) is 7.16. The van der Waals surface area contributed by atoms with Crippen molar-refractivity contribution in [2.75, 3.05) is 11.9 Å². The molecular weight excluding hydrogens is 393 g/mol. The zero-order chi connectivity index (χ0) is 21.2. The van der Waals surface area contributed by atoms with Crippen molar-refractivity contribution in [1.29, 1.82) is 0 Å². The van der Waals surface area contributed by atoms with E-state index in [1.165, 1.54) is 0 Å². The molecule has 1 aliphatic carbocycles. The molecule has 0 fully saturated rings. The summed E-state index contributed by atoms with van der Waals surface area (Å²) in [6, 6.07) is 16.0. The van der Waals surface area contributed by atoms with Gasteiger partial charge in [-0.25, -0.2) is 0 Å². The Labute approximate surface area is 172 Å². The summed E-state index contributed by atoms with van der Waals surface area (Å²) in [5, 5.41) is 3.03. The number of hydrogen-bond donors (Lipinski definition) is 1. The van der Waals surface area contributed by atoms with E-state index < -0.39 is 18.0 Å². The lowest BCUT2D eigenvalue weighted by atomic mass is 9.69. The highest BCUT2D eigenvalue weighted by molar-refractivity contribution is 5.60. The van der Waals surface area contributed by atoms with Crippen LogP contribution in [0.25, 0.3) is 6.08 Å². The molecule has 0 radical (unpaired) electrons. The first kappa shape index (κ1) is 20.1. The smallest absolute Gasteiger partial charge is 0.390 e. The van der Waals surface area contributed by atoms with E-state index >= 15 is 0 Å². The molecule has 0 amide bonds. The normalized spacial score (nSPS) is 18.1. The molecule has 1 aromatic heterocycles. The Bertz CT molecular complexity index is 1030. The number of nitrogens with one attached hydrogen (secondary N) is 1. The molecule has 4 rings (SSSR count). The van der Waals surface area contributed by atoms with Crippen LogP contribution >= 0.6 is 0 Å². The van der Waals surface area contributed by atoms with Crippen LogP contribution in [0.4, 0.5) is 24.9 Å². The third-order valence-electron chi connectivity index (χ3n) is 5.09. The Balaban J connectivity index is 1.70. The van der Waals surface area contributed by atoms with Gasteiger partial charge in [0, 0.05) is 5.69 Å². The van der Waals surface area contributed by atoms with Gasteiger partial charge >= 0.3 is 6.18 Å². The predicted molar refractivity (Wildman–Crippen MR) is 109 cm³/mol. The summed E-state index contributed by atoms with van der Waals surface area (Å²) in [5.41, 5.74) is 0.226. The summed E-state index contributed by atoms with van der Waals surface area (Å²) >= 11 is 0. The minimum absolute atomic E-state index is 0.151. The standard InChI is InChI=1S/C23H21F3N2O2/c1-2-29-18-12-10-17(11-13-18)27-21-28-20-19(30-21)9-6-14-22(20,15-23(24,25)26)16-7-4-3-5-8-16/h3-13H,2,14-15H2,1H3,(H,27,28). The van der Waals surface area contributed by atoms with Gasteiger partial charge in [0.05, 0.1) is 24.1 Å². The van der Waals surface area contributed by atoms with Crippen LogP contribution < -0.4 is 10.1 Å². The summed E-state index contributed by atoms with van der Waals surface area (Å²) in [5.74, 6) is 1.06. The lowest BCUT2D eigenvalue weighted by Crippen LogP contribution is -2.35. The summed E-state index contributed by atoms with van der Waals surface area (Å²) in [7, 11) is 0. The summed E-state index contributed by atoms with van der Waals surface area (Å²) in [6.07, 6.45) is -1.79. The molecule has 7 heteroatoms. The van der Waals surface area contributed by atoms with Crippen LogP contribution in [0.15, 0.2) is 65.1 Å². The number of anilines is 2. The molecule has 0 aliphatic heterocycles. The van der Waals surface area contributed by atoms with Crippen molar-refractivity contribution in [1.82, 2.24) is 4.98 Å². The molecule has 0 spiro atoms. The fourth-order valence-corrected chi connectivity index (χ4v) is 3.84. The first-order chi connectivity index (χ1) is 14.4. The number of benzene rings is 2. The molecule has 1 atom stereocenters. The van der Waals surface area contributed by atoms with E-state index in [-0.39, 0.29) is 12.4 Å². The Hall–Kier alpha value is -3.22. The van der Waals surface area contributed by atoms with Gasteiger partial charge in [0.1, 0.15) is 5.75 Å². The Morgan fingerprint density at radius 1 is 1.10 bits per heavy atom. The average Bonchev–Trinajstić information content (AvgIpc) is 3.13. The van der Waals surface area contributed by atoms with Gasteiger partial charge in [-0.3, -0.25) is 0 Å². The lowest BCUT2D eigenvalue weighted by molar-refractivity contribution is -0.145. The molecular formula is C23H21F3N2O2. The highest BCUT2D eigenvalue weighted by Gasteiger charge is 2.48. The van der Waals surface area contributed by atoms with Gasteiger partial charge in [-0.2, -0.15) is 18.2 Å². The van der Waals surface area contributed by atoms with Crippen LogP contribution in [-0.4, -0.2) is 17.8 Å². The van der Waals surface area contributed by atoms with Gasteiger partial charge in [-0.05, 0) is 49.2 Å². The summed E-state index contributed by atoms with van der Waals surface area (Å²) in [6.45, 7) is 2.46. The Morgan fingerprint density at radius 2 is 1.83 bits per heavy atom. The zero-order valence-corrected chi connectivity index (χ0v) is 16.4. The molecule has 0 bridgehead atoms. The van der Waals surface area contributed by atoms with Crippen molar-refractivity contribution in [3.05, 3.63) is 77.7 Å². The van der Waals surface area contributed by atoms with E-state index in [0.717, 1.165) is 5.75 Å². The summed E-state index contributed by atoms with van der Waals surface area (Å²) < 4.78 is 52.0. The molecule has 1 N–H and O–H groups in total. The zero-order valence-electron chi connectivity index (χ0n) is 16.4. The number of nitrogens with zero attached hydrogens (tertiary/aromatic N) is 1. The van der Waals surface area contributed by atoms with Crippen LogP contribution in [0.1, 0.15) is 36.8 Å². The molecule has 1 aliphatic rings. The second kappa shape index (κ2) is 7.89. The SMILES string of the molecule is CCOc1ccc(Nc2nc3c(o2)C=CCC3(CC(F)(F)F)c2ccccc2)cc1. The van der Waals surface area contributed by atoms with Crippen molar-refractivity contribution in [2.45, 2.75) is 31.4 Å². The van der Waals surface area contributed by atoms with Gasteiger partial charge in [-0.15, -0.1) is 0 Å². The van der Waals surface area contributed by atoms with Crippen LogP contribution in [0, 0.1) is 0 Å². The van der Waals surface area contributed by atoms with E-state index in [0.29, 0.717) is 29.3 Å². The molecule has 156 valence electrons. The summed E-state index contributed by atoms with van der Waals surface area (Å²) in [4.78, 5) is 4.46. The number of rotatable bonds is 6. The van der Waals surface area contributed by atoms with Crippen molar-refractivity contribution in [3.63, 3.8) is 0 Å². The van der Waals surface area contributed by atoms with E-state index in [1.54, 1.807) is 66.7 Å². The third kappa shape index (κ3) is 4.06. The molecule has 0 saturated carbocycles. The van der Waals surface area contributed by atoms with Crippen molar-refractivity contribution in [3.8, 4) is 5.75 Å². The topological polar surface area (TPSA) is 47.3 Å². The van der Waals surface area contributed by atoms with Gasteiger partial charge < -0.3 is 14.5 Å². The van der Waals surface area contributed by atoms with Gasteiger partial charge in [0.25, 0.3) is 6.01 Å². The molecule has 1 heterocycles. The quantitative estimate of drug-likeness (QED) is 0.502. The number of allylic oxidation sites excluding steroid dienone is 1. The molecule has 2 aromatic carbocycles.